The first-order valence-corrected chi connectivity index (χ1v) is 15.1. The van der Waals surface area contributed by atoms with Crippen LogP contribution in [0.5, 0.6) is 0 Å². The van der Waals surface area contributed by atoms with Crippen molar-refractivity contribution in [1.82, 2.24) is 0 Å². The molecule has 2 aromatic carbocycles. The van der Waals surface area contributed by atoms with E-state index in [1.807, 2.05) is 88.4 Å². The Morgan fingerprint density at radius 1 is 0.884 bits per heavy atom. The average molecular weight is 599 g/mol. The summed E-state index contributed by atoms with van der Waals surface area (Å²) in [4.78, 5) is 0. The number of hydrogen-bond acceptors (Lipinski definition) is 9. The number of benzene rings is 2. The molecule has 1 N–H and O–H groups in total. The number of aliphatic hydroxyl groups excluding tert-OH is 1. The van der Waals surface area contributed by atoms with Crippen LogP contribution in [0.2, 0.25) is 0 Å². The highest BCUT2D eigenvalue weighted by molar-refractivity contribution is 5.15. The van der Waals surface area contributed by atoms with Crippen molar-refractivity contribution in [2.45, 2.75) is 108 Å². The lowest BCUT2D eigenvalue weighted by atomic mass is 9.87. The van der Waals surface area contributed by atoms with E-state index < -0.39 is 60.4 Å². The van der Waals surface area contributed by atoms with Gasteiger partial charge < -0.3 is 43.0 Å². The molecular weight excluding hydrogens is 552 g/mol. The maximum absolute atomic E-state index is 11.8. The summed E-state index contributed by atoms with van der Waals surface area (Å²) in [7, 11) is 1.60. The lowest BCUT2D eigenvalue weighted by molar-refractivity contribution is -0.176. The van der Waals surface area contributed by atoms with Gasteiger partial charge in [-0.25, -0.2) is 0 Å². The van der Waals surface area contributed by atoms with Gasteiger partial charge in [-0.15, -0.1) is 6.58 Å². The molecule has 9 heteroatoms. The molecule has 9 atom stereocenters. The van der Waals surface area contributed by atoms with E-state index in [0.29, 0.717) is 26.2 Å². The maximum atomic E-state index is 11.8. The first-order chi connectivity index (χ1) is 20.6. The van der Waals surface area contributed by atoms with E-state index >= 15 is 0 Å². The summed E-state index contributed by atoms with van der Waals surface area (Å²) in [6.07, 6.45) is -2.48. The average Bonchev–Trinajstić information content (AvgIpc) is 3.65. The Kier molecular flexibility index (Phi) is 10.4. The van der Waals surface area contributed by atoms with E-state index in [0.717, 1.165) is 11.1 Å². The van der Waals surface area contributed by atoms with Crippen LogP contribution in [0.1, 0.15) is 45.2 Å². The molecule has 43 heavy (non-hydrogen) atoms. The van der Waals surface area contributed by atoms with Gasteiger partial charge in [0.05, 0.1) is 32.0 Å². The molecule has 3 heterocycles. The summed E-state index contributed by atoms with van der Waals surface area (Å²) in [5.41, 5.74) is 2.07. The van der Waals surface area contributed by atoms with Crippen LogP contribution in [0.25, 0.3) is 0 Å². The summed E-state index contributed by atoms with van der Waals surface area (Å²) >= 11 is 0. The van der Waals surface area contributed by atoms with Crippen molar-refractivity contribution in [3.8, 4) is 0 Å². The Balaban J connectivity index is 1.33. The zero-order valence-electron chi connectivity index (χ0n) is 25.8. The number of ether oxygens (including phenoxy) is 8. The zero-order chi connectivity index (χ0) is 30.6. The second-order valence-electron chi connectivity index (χ2n) is 12.4. The van der Waals surface area contributed by atoms with Crippen LogP contribution in [0, 0.1) is 5.92 Å². The third-order valence-electron chi connectivity index (χ3n) is 8.21. The van der Waals surface area contributed by atoms with Gasteiger partial charge >= 0.3 is 0 Å². The van der Waals surface area contributed by atoms with Crippen LogP contribution < -0.4 is 0 Å². The second kappa shape index (κ2) is 13.9. The van der Waals surface area contributed by atoms with Gasteiger partial charge in [-0.05, 0) is 45.2 Å². The summed E-state index contributed by atoms with van der Waals surface area (Å²) in [6, 6.07) is 19.9. The van der Waals surface area contributed by atoms with E-state index in [4.69, 9.17) is 37.9 Å². The lowest BCUT2D eigenvalue weighted by Crippen LogP contribution is -2.47. The largest absolute Gasteiger partial charge is 0.390 e. The molecule has 5 rings (SSSR count). The molecular formula is C34H46O9. The molecule has 3 fully saturated rings. The Hall–Kier alpha value is -2.18. The molecule has 236 valence electrons. The van der Waals surface area contributed by atoms with Crippen LogP contribution in [-0.2, 0) is 51.1 Å². The number of aliphatic hydroxyl groups is 1. The highest BCUT2D eigenvalue weighted by Crippen LogP contribution is 2.40. The summed E-state index contributed by atoms with van der Waals surface area (Å²) in [6.45, 7) is 12.6. The maximum Gasteiger partial charge on any atom is 0.186 e. The van der Waals surface area contributed by atoms with Gasteiger partial charge in [0, 0.05) is 13.0 Å². The van der Waals surface area contributed by atoms with Crippen molar-refractivity contribution in [3.63, 3.8) is 0 Å². The second-order valence-corrected chi connectivity index (χ2v) is 12.4. The van der Waals surface area contributed by atoms with Gasteiger partial charge in [0.25, 0.3) is 0 Å². The molecule has 2 aromatic rings. The summed E-state index contributed by atoms with van der Waals surface area (Å²) < 4.78 is 49.5. The summed E-state index contributed by atoms with van der Waals surface area (Å²) in [5.74, 6) is -2.06. The molecule has 0 aromatic heterocycles. The van der Waals surface area contributed by atoms with Gasteiger partial charge in [0.2, 0.25) is 0 Å². The molecule has 0 bridgehead atoms. The van der Waals surface area contributed by atoms with Gasteiger partial charge in [0.1, 0.15) is 30.5 Å². The minimum absolute atomic E-state index is 0.343. The van der Waals surface area contributed by atoms with Crippen LogP contribution in [0.15, 0.2) is 73.3 Å². The molecule has 0 amide bonds. The number of rotatable bonds is 13. The minimum Gasteiger partial charge on any atom is -0.390 e. The number of methoxy groups -OCH3 is 1. The standard InChI is InChI=1S/C34H46O9/c1-7-24(27(35)30-29(42-34(4,5)43-30)26-21-39-33(2,3)41-26)18-25-28(37-19-22-14-10-8-11-15-22)31(32(36-6)40-25)38-20-23-16-12-9-13-17-23/h7-17,24-32,35H,1,18-21H2,2-6H3/t24-,25+,26+,27+,28+,29-,30+,31+,32+/m0/s1. The topological polar surface area (TPSA) is 94.1 Å². The zero-order valence-corrected chi connectivity index (χ0v) is 25.8. The minimum atomic E-state index is -0.958. The predicted molar refractivity (Wildman–Crippen MR) is 159 cm³/mol. The van der Waals surface area contributed by atoms with E-state index in [1.54, 1.807) is 13.2 Å². The molecule has 3 saturated heterocycles. The van der Waals surface area contributed by atoms with Crippen molar-refractivity contribution in [3.05, 3.63) is 84.4 Å². The van der Waals surface area contributed by atoms with Gasteiger partial charge in [-0.2, -0.15) is 0 Å². The fourth-order valence-corrected chi connectivity index (χ4v) is 6.11. The van der Waals surface area contributed by atoms with E-state index in [2.05, 4.69) is 6.58 Å². The van der Waals surface area contributed by atoms with Crippen molar-refractivity contribution in [1.29, 1.82) is 0 Å². The van der Waals surface area contributed by atoms with Gasteiger partial charge in [-0.3, -0.25) is 0 Å². The van der Waals surface area contributed by atoms with E-state index in [1.165, 1.54) is 0 Å². The Morgan fingerprint density at radius 2 is 1.49 bits per heavy atom. The first kappa shape index (κ1) is 32.2. The number of hydrogen-bond donors (Lipinski definition) is 1. The van der Waals surface area contributed by atoms with Crippen molar-refractivity contribution in [2.75, 3.05) is 13.7 Å². The third kappa shape index (κ3) is 7.92. The van der Waals surface area contributed by atoms with Crippen molar-refractivity contribution < 1.29 is 43.0 Å². The normalized spacial score (nSPS) is 32.9. The molecule has 0 saturated carbocycles. The van der Waals surface area contributed by atoms with Crippen molar-refractivity contribution in [2.24, 2.45) is 5.92 Å². The summed E-state index contributed by atoms with van der Waals surface area (Å²) in [5, 5.41) is 11.8. The molecule has 0 spiro atoms. The van der Waals surface area contributed by atoms with Crippen molar-refractivity contribution >= 4 is 0 Å². The van der Waals surface area contributed by atoms with Gasteiger partial charge in [-0.1, -0.05) is 66.7 Å². The SMILES string of the molecule is C=C[C@@H](C[C@H]1O[C@@H](OC)[C@H](OCc2ccccc2)[C@@H]1OCc1ccccc1)[C@@H](O)[C@H]1OC(C)(C)O[C@H]1[C@H]1COC(C)(C)O1. The van der Waals surface area contributed by atoms with Crippen LogP contribution in [0.3, 0.4) is 0 Å². The van der Waals surface area contributed by atoms with E-state index in [9.17, 15) is 5.11 Å². The molecule has 0 unspecified atom stereocenters. The van der Waals surface area contributed by atoms with Gasteiger partial charge in [0.15, 0.2) is 17.9 Å². The smallest absolute Gasteiger partial charge is 0.186 e. The Labute approximate surface area is 255 Å². The molecule has 0 aliphatic carbocycles. The van der Waals surface area contributed by atoms with Crippen LogP contribution in [-0.4, -0.2) is 79.4 Å². The quantitative estimate of drug-likeness (QED) is 0.328. The Morgan fingerprint density at radius 3 is 2.02 bits per heavy atom. The lowest BCUT2D eigenvalue weighted by Gasteiger charge is -2.32. The molecule has 0 radical (unpaired) electrons. The first-order valence-electron chi connectivity index (χ1n) is 15.1. The fourth-order valence-electron chi connectivity index (χ4n) is 6.11. The fraction of sp³-hybridized carbons (Fsp3) is 0.588. The van der Waals surface area contributed by atoms with E-state index in [-0.39, 0.29) is 6.10 Å². The molecule has 3 aliphatic rings. The third-order valence-corrected chi connectivity index (χ3v) is 8.21. The Bertz CT molecular complexity index is 1160. The monoisotopic (exact) mass is 598 g/mol. The predicted octanol–water partition coefficient (Wildman–Crippen LogP) is 4.75. The van der Waals surface area contributed by atoms with Crippen LogP contribution >= 0.6 is 0 Å². The highest BCUT2D eigenvalue weighted by atomic mass is 16.8. The highest BCUT2D eigenvalue weighted by Gasteiger charge is 2.54. The van der Waals surface area contributed by atoms with Crippen LogP contribution in [0.4, 0.5) is 0 Å². The molecule has 3 aliphatic heterocycles. The molecule has 9 nitrogen and oxygen atoms in total.